The van der Waals surface area contributed by atoms with Crippen LogP contribution in [0, 0.1) is 5.82 Å². The van der Waals surface area contributed by atoms with Crippen LogP contribution in [0.25, 0.3) is 0 Å². The van der Waals surface area contributed by atoms with Gasteiger partial charge in [0.1, 0.15) is 18.5 Å². The number of hydrogen-bond acceptors (Lipinski definition) is 5. The topological polar surface area (TPSA) is 64.8 Å². The molecule has 0 aromatic heterocycles. The van der Waals surface area contributed by atoms with Crippen LogP contribution in [-0.2, 0) is 9.47 Å². The highest BCUT2D eigenvalue weighted by molar-refractivity contribution is 5.90. The molecule has 0 radical (unpaired) electrons. The van der Waals surface area contributed by atoms with Crippen molar-refractivity contribution < 1.29 is 18.7 Å². The van der Waals surface area contributed by atoms with Gasteiger partial charge in [-0.05, 0) is 32.0 Å². The summed E-state index contributed by atoms with van der Waals surface area (Å²) in [6.07, 6.45) is -0.136. The van der Waals surface area contributed by atoms with Crippen molar-refractivity contribution in [3.8, 4) is 0 Å². The average Bonchev–Trinajstić information content (AvgIpc) is 2.48. The van der Waals surface area contributed by atoms with Crippen molar-refractivity contribution in [3.63, 3.8) is 0 Å². The molecule has 1 fully saturated rings. The third-order valence-electron chi connectivity index (χ3n) is 3.53. The van der Waals surface area contributed by atoms with E-state index in [2.05, 4.69) is 18.7 Å². The van der Waals surface area contributed by atoms with Gasteiger partial charge in [0.05, 0.1) is 17.9 Å². The van der Waals surface area contributed by atoms with Gasteiger partial charge >= 0.3 is 5.97 Å². The number of halogens is 1. The second-order valence-electron chi connectivity index (χ2n) is 5.42. The molecule has 1 aromatic carbocycles. The summed E-state index contributed by atoms with van der Waals surface area (Å²) in [5.74, 6) is -1.07. The summed E-state index contributed by atoms with van der Waals surface area (Å²) in [5, 5.41) is 0. The summed E-state index contributed by atoms with van der Waals surface area (Å²) in [6, 6.07) is 4.23. The Bertz CT molecular complexity index is 508. The quantitative estimate of drug-likeness (QED) is 0.676. The van der Waals surface area contributed by atoms with Crippen LogP contribution in [0.5, 0.6) is 0 Å². The van der Waals surface area contributed by atoms with Crippen molar-refractivity contribution in [3.05, 3.63) is 29.6 Å². The summed E-state index contributed by atoms with van der Waals surface area (Å²) in [4.78, 5) is 14.2. The Hall–Kier alpha value is -1.66. The van der Waals surface area contributed by atoms with Gasteiger partial charge in [-0.2, -0.15) is 0 Å². The van der Waals surface area contributed by atoms with Crippen molar-refractivity contribution in [2.45, 2.75) is 26.0 Å². The summed E-state index contributed by atoms with van der Waals surface area (Å²) in [5.41, 5.74) is 5.61. The second-order valence-corrected chi connectivity index (χ2v) is 5.42. The number of anilines is 1. The van der Waals surface area contributed by atoms with Gasteiger partial charge in [-0.25, -0.2) is 9.18 Å². The summed E-state index contributed by atoms with van der Waals surface area (Å²) < 4.78 is 23.9. The molecular weight excluding hydrogens is 275 g/mol. The Morgan fingerprint density at radius 2 is 2.33 bits per heavy atom. The fourth-order valence-corrected chi connectivity index (χ4v) is 2.23. The third-order valence-corrected chi connectivity index (χ3v) is 3.53. The highest BCUT2D eigenvalue weighted by Crippen LogP contribution is 2.14. The molecular formula is C15H21FN2O3. The fraction of sp³-hybridized carbons (Fsp3) is 0.533. The van der Waals surface area contributed by atoms with Crippen LogP contribution in [0.1, 0.15) is 24.2 Å². The number of nitrogen functional groups attached to an aromatic ring is 1. The van der Waals surface area contributed by atoms with Gasteiger partial charge in [-0.3, -0.25) is 4.90 Å². The van der Waals surface area contributed by atoms with Gasteiger partial charge in [-0.15, -0.1) is 0 Å². The average molecular weight is 296 g/mol. The molecule has 0 aliphatic carbocycles. The van der Waals surface area contributed by atoms with Crippen LogP contribution < -0.4 is 5.73 Å². The number of nitrogens with two attached hydrogens (primary N) is 1. The summed E-state index contributed by atoms with van der Waals surface area (Å²) in [7, 11) is 0. The SMILES string of the molecule is CC(C)N1CCOC(COC(=O)c2ccc(F)c(N)c2)C1. The first-order valence-corrected chi connectivity index (χ1v) is 7.05. The molecule has 1 saturated heterocycles. The molecule has 1 atom stereocenters. The molecule has 116 valence electrons. The number of carbonyl (C=O) groups excluding carboxylic acids is 1. The van der Waals surface area contributed by atoms with Gasteiger partial charge in [-0.1, -0.05) is 0 Å². The predicted molar refractivity (Wildman–Crippen MR) is 77.5 cm³/mol. The number of benzene rings is 1. The number of hydrogen-bond donors (Lipinski definition) is 1. The van der Waals surface area contributed by atoms with Crippen molar-refractivity contribution in [1.82, 2.24) is 4.90 Å². The zero-order valence-corrected chi connectivity index (χ0v) is 12.3. The van der Waals surface area contributed by atoms with Crippen molar-refractivity contribution in [2.75, 3.05) is 32.0 Å². The van der Waals surface area contributed by atoms with Crippen molar-refractivity contribution in [1.29, 1.82) is 0 Å². The van der Waals surface area contributed by atoms with Gasteiger partial charge in [0.2, 0.25) is 0 Å². The highest BCUT2D eigenvalue weighted by Gasteiger charge is 2.23. The lowest BCUT2D eigenvalue weighted by Crippen LogP contribution is -2.47. The predicted octanol–water partition coefficient (Wildman–Crippen LogP) is 1.67. The zero-order valence-electron chi connectivity index (χ0n) is 12.3. The maximum Gasteiger partial charge on any atom is 0.338 e. The Kier molecular flexibility index (Phi) is 5.14. The standard InChI is InChI=1S/C15H21FN2O3/c1-10(2)18-5-6-20-12(8-18)9-21-15(19)11-3-4-13(16)14(17)7-11/h3-4,7,10,12H,5-6,8-9,17H2,1-2H3. The molecule has 0 amide bonds. The van der Waals surface area contributed by atoms with Gasteiger partial charge in [0.15, 0.2) is 0 Å². The van der Waals surface area contributed by atoms with Crippen LogP contribution in [-0.4, -0.2) is 49.3 Å². The number of nitrogens with zero attached hydrogens (tertiary/aromatic N) is 1. The molecule has 2 N–H and O–H groups in total. The van der Waals surface area contributed by atoms with E-state index >= 15 is 0 Å². The first kappa shape index (κ1) is 15.7. The molecule has 1 heterocycles. The lowest BCUT2D eigenvalue weighted by molar-refractivity contribution is -0.0662. The van der Waals surface area contributed by atoms with Crippen LogP contribution in [0.2, 0.25) is 0 Å². The van der Waals surface area contributed by atoms with Crippen LogP contribution in [0.15, 0.2) is 18.2 Å². The molecule has 6 heteroatoms. The monoisotopic (exact) mass is 296 g/mol. The largest absolute Gasteiger partial charge is 0.459 e. The molecule has 21 heavy (non-hydrogen) atoms. The Balaban J connectivity index is 1.87. The lowest BCUT2D eigenvalue weighted by atomic mass is 10.2. The van der Waals surface area contributed by atoms with Crippen LogP contribution in [0.4, 0.5) is 10.1 Å². The molecule has 0 saturated carbocycles. The zero-order chi connectivity index (χ0) is 15.4. The second kappa shape index (κ2) is 6.87. The Morgan fingerprint density at radius 1 is 1.57 bits per heavy atom. The van der Waals surface area contributed by atoms with E-state index < -0.39 is 11.8 Å². The summed E-state index contributed by atoms with van der Waals surface area (Å²) in [6.45, 7) is 6.67. The first-order valence-electron chi connectivity index (χ1n) is 7.05. The minimum atomic E-state index is -0.547. The maximum atomic E-state index is 13.1. The number of ether oxygens (including phenoxy) is 2. The molecule has 0 spiro atoms. The first-order chi connectivity index (χ1) is 9.97. The third kappa shape index (κ3) is 4.15. The molecule has 5 nitrogen and oxygen atoms in total. The van der Waals surface area contributed by atoms with E-state index in [1.807, 2.05) is 0 Å². The smallest absolute Gasteiger partial charge is 0.338 e. The van der Waals surface area contributed by atoms with Crippen molar-refractivity contribution >= 4 is 11.7 Å². The minimum Gasteiger partial charge on any atom is -0.459 e. The molecule has 1 unspecified atom stereocenters. The normalized spacial score (nSPS) is 19.7. The van der Waals surface area contributed by atoms with E-state index in [9.17, 15) is 9.18 Å². The van der Waals surface area contributed by atoms with E-state index in [-0.39, 0.29) is 24.0 Å². The molecule has 1 aliphatic rings. The van der Waals surface area contributed by atoms with Crippen LogP contribution >= 0.6 is 0 Å². The van der Waals surface area contributed by atoms with E-state index in [1.165, 1.54) is 12.1 Å². The van der Waals surface area contributed by atoms with E-state index in [1.54, 1.807) is 0 Å². The van der Waals surface area contributed by atoms with E-state index in [0.717, 1.165) is 19.2 Å². The molecule has 1 aliphatic heterocycles. The number of rotatable bonds is 4. The number of esters is 1. The van der Waals surface area contributed by atoms with Gasteiger partial charge in [0, 0.05) is 19.1 Å². The Labute approximate surface area is 123 Å². The minimum absolute atomic E-state index is 0.0654. The van der Waals surface area contributed by atoms with Gasteiger partial charge < -0.3 is 15.2 Å². The highest BCUT2D eigenvalue weighted by atomic mass is 19.1. The van der Waals surface area contributed by atoms with Crippen molar-refractivity contribution in [2.24, 2.45) is 0 Å². The molecule has 1 aromatic rings. The molecule has 0 bridgehead atoms. The Morgan fingerprint density at radius 3 is 3.00 bits per heavy atom. The lowest BCUT2D eigenvalue weighted by Gasteiger charge is -2.35. The van der Waals surface area contributed by atoms with E-state index in [0.29, 0.717) is 12.6 Å². The number of morpholine rings is 1. The number of carbonyl (C=O) groups is 1. The van der Waals surface area contributed by atoms with Gasteiger partial charge in [0.25, 0.3) is 0 Å². The molecule has 2 rings (SSSR count). The van der Waals surface area contributed by atoms with E-state index in [4.69, 9.17) is 15.2 Å². The maximum absolute atomic E-state index is 13.1. The van der Waals surface area contributed by atoms with Crippen LogP contribution in [0.3, 0.4) is 0 Å². The summed E-state index contributed by atoms with van der Waals surface area (Å²) >= 11 is 0. The fourth-order valence-electron chi connectivity index (χ4n) is 2.23.